The molecule has 5 heteroatoms. The largest absolute Gasteiger partial charge is 0.351 e. The highest BCUT2D eigenvalue weighted by molar-refractivity contribution is 6.18. The molecule has 1 atom stereocenters. The second-order valence-corrected chi connectivity index (χ2v) is 8.89. The number of hydrogen-bond acceptors (Lipinski definition) is 3. The predicted molar refractivity (Wildman–Crippen MR) is 108 cm³/mol. The van der Waals surface area contributed by atoms with Crippen molar-refractivity contribution in [1.29, 1.82) is 0 Å². The lowest BCUT2D eigenvalue weighted by atomic mass is 9.82. The lowest BCUT2D eigenvalue weighted by Crippen LogP contribution is -2.43. The lowest BCUT2D eigenvalue weighted by Gasteiger charge is -2.33. The van der Waals surface area contributed by atoms with E-state index in [0.29, 0.717) is 13.1 Å². The first-order chi connectivity index (χ1) is 13.1. The van der Waals surface area contributed by atoms with E-state index >= 15 is 0 Å². The van der Waals surface area contributed by atoms with E-state index in [0.717, 1.165) is 31.5 Å². The molecule has 0 radical (unpaired) electrons. The zero-order chi connectivity index (χ0) is 19.1. The summed E-state index contributed by atoms with van der Waals surface area (Å²) in [6, 6.07) is 0. The number of piperidine rings is 1. The molecule has 0 aromatic carbocycles. The van der Waals surface area contributed by atoms with Crippen molar-refractivity contribution in [1.82, 2.24) is 15.5 Å². The van der Waals surface area contributed by atoms with Gasteiger partial charge in [0.05, 0.1) is 0 Å². The van der Waals surface area contributed by atoms with Crippen molar-refractivity contribution in [2.24, 2.45) is 17.8 Å². The molecule has 1 unspecified atom stereocenters. The van der Waals surface area contributed by atoms with Crippen LogP contribution in [0.3, 0.4) is 0 Å². The summed E-state index contributed by atoms with van der Waals surface area (Å²) in [4.78, 5) is 26.5. The van der Waals surface area contributed by atoms with Gasteiger partial charge in [-0.1, -0.05) is 57.9 Å². The van der Waals surface area contributed by atoms with Crippen molar-refractivity contribution in [2.75, 3.05) is 32.7 Å². The number of carbonyl (C=O) groups is 2. The summed E-state index contributed by atoms with van der Waals surface area (Å²) in [7, 11) is 0. The summed E-state index contributed by atoms with van der Waals surface area (Å²) in [5.41, 5.74) is 0.273. The Morgan fingerprint density at radius 3 is 2.48 bits per heavy atom. The van der Waals surface area contributed by atoms with Gasteiger partial charge in [-0.05, 0) is 43.7 Å². The van der Waals surface area contributed by atoms with Crippen LogP contribution in [0.25, 0.3) is 0 Å². The minimum absolute atomic E-state index is 0.219. The molecule has 5 nitrogen and oxygen atoms in total. The third kappa shape index (κ3) is 6.34. The molecule has 1 saturated carbocycles. The van der Waals surface area contributed by atoms with E-state index < -0.39 is 0 Å². The fourth-order valence-electron chi connectivity index (χ4n) is 4.82. The molecule has 152 valence electrons. The minimum Gasteiger partial charge on any atom is -0.351 e. The maximum Gasteiger partial charge on any atom is 0.256 e. The van der Waals surface area contributed by atoms with Crippen LogP contribution in [0, 0.1) is 17.8 Å². The van der Waals surface area contributed by atoms with Gasteiger partial charge in [0.2, 0.25) is 0 Å². The monoisotopic (exact) mass is 375 g/mol. The van der Waals surface area contributed by atoms with Gasteiger partial charge in [0.25, 0.3) is 11.8 Å². The van der Waals surface area contributed by atoms with Crippen molar-refractivity contribution in [3.8, 4) is 0 Å². The Balaban J connectivity index is 1.29. The second kappa shape index (κ2) is 10.3. The smallest absolute Gasteiger partial charge is 0.256 e. The Labute approximate surface area is 164 Å². The van der Waals surface area contributed by atoms with Crippen molar-refractivity contribution in [3.05, 3.63) is 11.6 Å². The van der Waals surface area contributed by atoms with Gasteiger partial charge in [-0.25, -0.2) is 0 Å². The zero-order valence-corrected chi connectivity index (χ0v) is 17.0. The maximum atomic E-state index is 12.2. The number of carbonyl (C=O) groups excluding carboxylic acids is 2. The average molecular weight is 376 g/mol. The van der Waals surface area contributed by atoms with Crippen LogP contribution >= 0.6 is 0 Å². The molecule has 0 spiro atoms. The highest BCUT2D eigenvalue weighted by Crippen LogP contribution is 2.31. The molecule has 1 aliphatic carbocycles. The van der Waals surface area contributed by atoms with Gasteiger partial charge in [0.15, 0.2) is 0 Å². The van der Waals surface area contributed by atoms with Gasteiger partial charge in [0, 0.05) is 19.6 Å². The van der Waals surface area contributed by atoms with Crippen LogP contribution in [-0.2, 0) is 9.59 Å². The molecule has 27 heavy (non-hydrogen) atoms. The maximum absolute atomic E-state index is 12.2. The molecule has 3 aliphatic rings. The van der Waals surface area contributed by atoms with Gasteiger partial charge in [-0.2, -0.15) is 0 Å². The van der Waals surface area contributed by atoms with Crippen LogP contribution in [0.5, 0.6) is 0 Å². The van der Waals surface area contributed by atoms with Crippen LogP contribution in [0.1, 0.15) is 64.7 Å². The van der Waals surface area contributed by atoms with Gasteiger partial charge in [-0.15, -0.1) is 0 Å². The fourth-order valence-corrected chi connectivity index (χ4v) is 4.82. The Morgan fingerprint density at radius 1 is 1.11 bits per heavy atom. The molecule has 2 aliphatic heterocycles. The SMILES string of the molecule is CC1C=C(C(=O)NCCN2CCC(CCC3CCCCC3)CC2)C(=O)NC1. The van der Waals surface area contributed by atoms with Gasteiger partial charge < -0.3 is 15.5 Å². The lowest BCUT2D eigenvalue weighted by molar-refractivity contribution is -0.124. The molecule has 2 N–H and O–H groups in total. The first-order valence-corrected chi connectivity index (χ1v) is 11.1. The van der Waals surface area contributed by atoms with Gasteiger partial charge >= 0.3 is 0 Å². The molecular formula is C22H37N3O2. The van der Waals surface area contributed by atoms with Crippen LogP contribution in [0.15, 0.2) is 11.6 Å². The first-order valence-electron chi connectivity index (χ1n) is 11.1. The molecular weight excluding hydrogens is 338 g/mol. The quantitative estimate of drug-likeness (QED) is 0.673. The third-order valence-corrected chi connectivity index (χ3v) is 6.65. The van der Waals surface area contributed by atoms with E-state index in [9.17, 15) is 9.59 Å². The van der Waals surface area contributed by atoms with E-state index in [1.54, 1.807) is 6.08 Å². The van der Waals surface area contributed by atoms with Crippen LogP contribution in [0.4, 0.5) is 0 Å². The molecule has 2 heterocycles. The normalized spacial score (nSPS) is 25.7. The zero-order valence-electron chi connectivity index (χ0n) is 17.0. The first kappa shape index (κ1) is 20.4. The summed E-state index contributed by atoms with van der Waals surface area (Å²) < 4.78 is 0. The number of hydrogen-bond donors (Lipinski definition) is 2. The van der Waals surface area contributed by atoms with Crippen LogP contribution < -0.4 is 10.6 Å². The highest BCUT2D eigenvalue weighted by atomic mass is 16.2. The summed E-state index contributed by atoms with van der Waals surface area (Å²) in [6.45, 7) is 6.41. The van der Waals surface area contributed by atoms with Crippen molar-refractivity contribution < 1.29 is 9.59 Å². The number of nitrogens with zero attached hydrogens (tertiary/aromatic N) is 1. The Kier molecular flexibility index (Phi) is 7.74. The van der Waals surface area contributed by atoms with Gasteiger partial charge in [-0.3, -0.25) is 9.59 Å². The number of amides is 2. The molecule has 1 saturated heterocycles. The topological polar surface area (TPSA) is 61.4 Å². The number of rotatable bonds is 7. The Hall–Kier alpha value is -1.36. The van der Waals surface area contributed by atoms with Crippen molar-refractivity contribution in [2.45, 2.75) is 64.7 Å². The average Bonchev–Trinajstić information content (AvgIpc) is 2.70. The Bertz CT molecular complexity index is 532. The summed E-state index contributed by atoms with van der Waals surface area (Å²) in [5, 5.41) is 5.68. The van der Waals surface area contributed by atoms with Crippen molar-refractivity contribution >= 4 is 11.8 Å². The van der Waals surface area contributed by atoms with E-state index in [-0.39, 0.29) is 23.3 Å². The van der Waals surface area contributed by atoms with E-state index in [1.807, 2.05) is 6.92 Å². The standard InChI is InChI=1S/C22H37N3O2/c1-17-15-20(22(27)24-16-17)21(26)23-11-14-25-12-9-19(10-13-25)8-7-18-5-3-2-4-6-18/h15,17-19H,2-14,16H2,1H3,(H,23,26)(H,24,27). The van der Waals surface area contributed by atoms with Gasteiger partial charge in [0.1, 0.15) is 5.57 Å². The second-order valence-electron chi connectivity index (χ2n) is 8.89. The van der Waals surface area contributed by atoms with Crippen molar-refractivity contribution in [3.63, 3.8) is 0 Å². The highest BCUT2D eigenvalue weighted by Gasteiger charge is 2.24. The Morgan fingerprint density at radius 2 is 1.78 bits per heavy atom. The molecule has 0 aromatic rings. The molecule has 2 amide bonds. The third-order valence-electron chi connectivity index (χ3n) is 6.65. The molecule has 0 aromatic heterocycles. The molecule has 2 fully saturated rings. The van der Waals surface area contributed by atoms with Crippen LogP contribution in [-0.4, -0.2) is 49.4 Å². The number of nitrogens with one attached hydrogen (secondary N) is 2. The fraction of sp³-hybridized carbons (Fsp3) is 0.818. The summed E-state index contributed by atoms with van der Waals surface area (Å²) >= 11 is 0. The van der Waals surface area contributed by atoms with E-state index in [2.05, 4.69) is 15.5 Å². The minimum atomic E-state index is -0.246. The molecule has 3 rings (SSSR count). The summed E-state index contributed by atoms with van der Waals surface area (Å²) in [6.07, 6.45) is 14.5. The predicted octanol–water partition coefficient (Wildman–Crippen LogP) is 2.87. The summed E-state index contributed by atoms with van der Waals surface area (Å²) in [5.74, 6) is 1.64. The molecule has 0 bridgehead atoms. The van der Waals surface area contributed by atoms with E-state index in [4.69, 9.17) is 0 Å². The number of likely N-dealkylation sites (tertiary alicyclic amines) is 1. The van der Waals surface area contributed by atoms with E-state index in [1.165, 1.54) is 57.8 Å². The van der Waals surface area contributed by atoms with Crippen LogP contribution in [0.2, 0.25) is 0 Å².